The summed E-state index contributed by atoms with van der Waals surface area (Å²) in [5.74, 6) is -4.76. The molecule has 0 fully saturated rings. The number of halogens is 2. The molecule has 1 aromatic carbocycles. The van der Waals surface area contributed by atoms with E-state index in [-0.39, 0.29) is 12.0 Å². The first kappa shape index (κ1) is 13.0. The third-order valence-corrected chi connectivity index (χ3v) is 3.91. The van der Waals surface area contributed by atoms with Crippen LogP contribution >= 0.6 is 0 Å². The standard InChI is InChI=1S/C16H14F2O2/c17-16(18,14(19)12-6-2-1-3-7-12)15-10-5-4-8-13(15)9-11-20-15/h1-3,6-9,11H,4-5,10H2. The molecule has 20 heavy (non-hydrogen) atoms. The van der Waals surface area contributed by atoms with Gasteiger partial charge in [-0.1, -0.05) is 36.4 Å². The Labute approximate surface area is 115 Å². The highest BCUT2D eigenvalue weighted by atomic mass is 19.3. The summed E-state index contributed by atoms with van der Waals surface area (Å²) in [5.41, 5.74) is -1.40. The molecule has 0 bridgehead atoms. The summed E-state index contributed by atoms with van der Waals surface area (Å²) in [6.07, 6.45) is 6.01. The van der Waals surface area contributed by atoms with Gasteiger partial charge in [-0.25, -0.2) is 0 Å². The number of allylic oxidation sites excluding steroid dienone is 1. The summed E-state index contributed by atoms with van der Waals surface area (Å²) >= 11 is 0. The Morgan fingerprint density at radius 1 is 1.25 bits per heavy atom. The summed E-state index contributed by atoms with van der Waals surface area (Å²) in [4.78, 5) is 12.2. The van der Waals surface area contributed by atoms with Gasteiger partial charge in [-0.2, -0.15) is 8.78 Å². The molecule has 1 aromatic rings. The van der Waals surface area contributed by atoms with E-state index in [0.717, 1.165) is 6.42 Å². The maximum atomic E-state index is 14.8. The summed E-state index contributed by atoms with van der Waals surface area (Å²) in [7, 11) is 0. The van der Waals surface area contributed by atoms with Crippen LogP contribution in [0.4, 0.5) is 8.78 Å². The minimum Gasteiger partial charge on any atom is -0.483 e. The van der Waals surface area contributed by atoms with Gasteiger partial charge < -0.3 is 4.74 Å². The molecule has 0 saturated carbocycles. The molecule has 104 valence electrons. The van der Waals surface area contributed by atoms with Gasteiger partial charge in [0.1, 0.15) is 0 Å². The van der Waals surface area contributed by atoms with E-state index >= 15 is 0 Å². The van der Waals surface area contributed by atoms with Crippen molar-refractivity contribution in [2.24, 2.45) is 0 Å². The monoisotopic (exact) mass is 276 g/mol. The van der Waals surface area contributed by atoms with Crippen LogP contribution in [0, 0.1) is 0 Å². The lowest BCUT2D eigenvalue weighted by atomic mass is 9.76. The number of benzene rings is 1. The smallest absolute Gasteiger partial charge is 0.352 e. The van der Waals surface area contributed by atoms with Crippen LogP contribution in [-0.2, 0) is 4.74 Å². The van der Waals surface area contributed by atoms with Crippen LogP contribution in [0.1, 0.15) is 29.6 Å². The molecule has 0 radical (unpaired) electrons. The fourth-order valence-electron chi connectivity index (χ4n) is 2.84. The molecule has 2 aliphatic rings. The Morgan fingerprint density at radius 3 is 2.75 bits per heavy atom. The van der Waals surface area contributed by atoms with Crippen molar-refractivity contribution in [3.63, 3.8) is 0 Å². The zero-order valence-corrected chi connectivity index (χ0v) is 10.8. The SMILES string of the molecule is O=C(c1ccccc1)C(F)(F)C12CCCC=C1C=CO2. The van der Waals surface area contributed by atoms with Crippen molar-refractivity contribution in [2.75, 3.05) is 0 Å². The zero-order valence-electron chi connectivity index (χ0n) is 10.8. The highest BCUT2D eigenvalue weighted by molar-refractivity contribution is 6.02. The molecular weight excluding hydrogens is 262 g/mol. The highest BCUT2D eigenvalue weighted by Crippen LogP contribution is 2.49. The second kappa shape index (κ2) is 4.54. The normalized spacial score (nSPS) is 24.8. The van der Waals surface area contributed by atoms with Crippen LogP contribution in [-0.4, -0.2) is 17.3 Å². The quantitative estimate of drug-likeness (QED) is 0.783. The second-order valence-corrected chi connectivity index (χ2v) is 5.07. The van der Waals surface area contributed by atoms with E-state index in [1.54, 1.807) is 24.3 Å². The lowest BCUT2D eigenvalue weighted by molar-refractivity contribution is -0.131. The van der Waals surface area contributed by atoms with Gasteiger partial charge in [0, 0.05) is 11.1 Å². The van der Waals surface area contributed by atoms with Gasteiger partial charge >= 0.3 is 5.92 Å². The van der Waals surface area contributed by atoms with E-state index in [0.29, 0.717) is 12.0 Å². The van der Waals surface area contributed by atoms with Crippen molar-refractivity contribution < 1.29 is 18.3 Å². The molecule has 1 heterocycles. The van der Waals surface area contributed by atoms with Crippen molar-refractivity contribution in [1.29, 1.82) is 0 Å². The first-order valence-corrected chi connectivity index (χ1v) is 6.61. The lowest BCUT2D eigenvalue weighted by Crippen LogP contribution is -2.54. The topological polar surface area (TPSA) is 26.3 Å². The van der Waals surface area contributed by atoms with Crippen LogP contribution in [0.25, 0.3) is 0 Å². The number of rotatable bonds is 3. The van der Waals surface area contributed by atoms with Gasteiger partial charge in [-0.3, -0.25) is 4.79 Å². The number of fused-ring (bicyclic) bond motifs is 1. The molecule has 0 spiro atoms. The zero-order chi connectivity index (χ0) is 14.2. The second-order valence-electron chi connectivity index (χ2n) is 5.07. The predicted octanol–water partition coefficient (Wildman–Crippen LogP) is 3.90. The van der Waals surface area contributed by atoms with Gasteiger partial charge in [0.05, 0.1) is 6.26 Å². The first-order valence-electron chi connectivity index (χ1n) is 6.61. The fourth-order valence-corrected chi connectivity index (χ4v) is 2.84. The third kappa shape index (κ3) is 1.71. The van der Waals surface area contributed by atoms with Crippen molar-refractivity contribution in [2.45, 2.75) is 30.8 Å². The number of hydrogen-bond donors (Lipinski definition) is 0. The number of ether oxygens (including phenoxy) is 1. The van der Waals surface area contributed by atoms with E-state index in [1.165, 1.54) is 24.5 Å². The van der Waals surface area contributed by atoms with Gasteiger partial charge in [-0.15, -0.1) is 0 Å². The van der Waals surface area contributed by atoms with Gasteiger partial charge in [-0.05, 0) is 25.3 Å². The van der Waals surface area contributed by atoms with Crippen LogP contribution in [0.15, 0.2) is 54.3 Å². The number of carbonyl (C=O) groups excluding carboxylic acids is 1. The molecule has 1 unspecified atom stereocenters. The van der Waals surface area contributed by atoms with Crippen molar-refractivity contribution in [3.8, 4) is 0 Å². The number of hydrogen-bond acceptors (Lipinski definition) is 2. The lowest BCUT2D eigenvalue weighted by Gasteiger charge is -2.38. The van der Waals surface area contributed by atoms with E-state index in [2.05, 4.69) is 0 Å². The van der Waals surface area contributed by atoms with Crippen LogP contribution in [0.2, 0.25) is 0 Å². The molecule has 3 rings (SSSR count). The van der Waals surface area contributed by atoms with Gasteiger partial charge in [0.2, 0.25) is 11.4 Å². The minimum absolute atomic E-state index is 0.00676. The summed E-state index contributed by atoms with van der Waals surface area (Å²) in [6.45, 7) is 0. The maximum absolute atomic E-state index is 14.8. The Morgan fingerprint density at radius 2 is 2.00 bits per heavy atom. The Hall–Kier alpha value is -1.97. The average molecular weight is 276 g/mol. The Bertz CT molecular complexity index is 590. The van der Waals surface area contributed by atoms with Crippen molar-refractivity contribution in [3.05, 3.63) is 59.9 Å². The molecule has 4 heteroatoms. The molecule has 2 nitrogen and oxygen atoms in total. The number of ketones is 1. The van der Waals surface area contributed by atoms with Crippen LogP contribution in [0.5, 0.6) is 0 Å². The predicted molar refractivity (Wildman–Crippen MR) is 70.6 cm³/mol. The Kier molecular flexibility index (Phi) is 2.96. The van der Waals surface area contributed by atoms with Crippen molar-refractivity contribution in [1.82, 2.24) is 0 Å². The summed E-state index contributed by atoms with van der Waals surface area (Å²) in [5, 5.41) is 0. The largest absolute Gasteiger partial charge is 0.483 e. The van der Waals surface area contributed by atoms with E-state index in [1.807, 2.05) is 0 Å². The van der Waals surface area contributed by atoms with E-state index < -0.39 is 17.3 Å². The van der Waals surface area contributed by atoms with E-state index in [4.69, 9.17) is 4.74 Å². The maximum Gasteiger partial charge on any atom is 0.352 e. The van der Waals surface area contributed by atoms with Crippen LogP contribution in [0.3, 0.4) is 0 Å². The fraction of sp³-hybridized carbons (Fsp3) is 0.312. The molecular formula is C16H14F2O2. The average Bonchev–Trinajstić information content (AvgIpc) is 2.93. The van der Waals surface area contributed by atoms with Crippen LogP contribution < -0.4 is 0 Å². The number of carbonyl (C=O) groups is 1. The molecule has 1 aliphatic carbocycles. The molecule has 0 amide bonds. The molecule has 0 N–H and O–H groups in total. The number of Topliss-reactive ketones (excluding diaryl/α,β-unsaturated/α-hetero) is 1. The molecule has 0 aromatic heterocycles. The minimum atomic E-state index is -3.58. The number of alkyl halides is 2. The third-order valence-electron chi connectivity index (χ3n) is 3.91. The van der Waals surface area contributed by atoms with Gasteiger partial charge in [0.15, 0.2) is 0 Å². The summed E-state index contributed by atoms with van der Waals surface area (Å²) in [6, 6.07) is 7.65. The molecule has 1 aliphatic heterocycles. The first-order chi connectivity index (χ1) is 9.58. The highest BCUT2D eigenvalue weighted by Gasteiger charge is 2.63. The Balaban J connectivity index is 2.02. The van der Waals surface area contributed by atoms with Gasteiger partial charge in [0.25, 0.3) is 0 Å². The van der Waals surface area contributed by atoms with Crippen molar-refractivity contribution >= 4 is 5.78 Å². The molecule has 1 atom stereocenters. The molecule has 0 saturated heterocycles. The summed E-state index contributed by atoms with van der Waals surface area (Å²) < 4.78 is 34.8. The van der Waals surface area contributed by atoms with E-state index in [9.17, 15) is 13.6 Å².